The summed E-state index contributed by atoms with van der Waals surface area (Å²) in [4.78, 5) is 0. The minimum absolute atomic E-state index is 0.322. The molecule has 0 aliphatic heterocycles. The third-order valence-electron chi connectivity index (χ3n) is 2.57. The standard InChI is InChI=1S/C11H22O2/c1-9(2)8-11(12)13-10-6-4-3-5-7-10/h9-12H,3-8H2,1-2H3. The van der Waals surface area contributed by atoms with Gasteiger partial charge in [0.25, 0.3) is 0 Å². The molecule has 0 radical (unpaired) electrons. The Bertz CT molecular complexity index is 128. The molecule has 2 nitrogen and oxygen atoms in total. The zero-order valence-electron chi connectivity index (χ0n) is 8.83. The van der Waals surface area contributed by atoms with Gasteiger partial charge in [0.1, 0.15) is 0 Å². The fourth-order valence-corrected chi connectivity index (χ4v) is 1.88. The number of aliphatic hydroxyl groups excluding tert-OH is 1. The lowest BCUT2D eigenvalue weighted by Gasteiger charge is -2.25. The molecule has 1 saturated carbocycles. The first-order chi connectivity index (χ1) is 6.18. The van der Waals surface area contributed by atoms with Crippen LogP contribution >= 0.6 is 0 Å². The van der Waals surface area contributed by atoms with E-state index in [1.807, 2.05) is 0 Å². The molecular formula is C11H22O2. The van der Waals surface area contributed by atoms with Gasteiger partial charge in [-0.05, 0) is 18.8 Å². The highest BCUT2D eigenvalue weighted by molar-refractivity contribution is 4.65. The molecule has 1 atom stereocenters. The lowest BCUT2D eigenvalue weighted by Crippen LogP contribution is -2.25. The Morgan fingerprint density at radius 3 is 2.38 bits per heavy atom. The predicted octanol–water partition coefficient (Wildman–Crippen LogP) is 2.70. The first-order valence-electron chi connectivity index (χ1n) is 5.52. The topological polar surface area (TPSA) is 29.5 Å². The molecule has 0 heterocycles. The molecule has 0 amide bonds. The third-order valence-corrected chi connectivity index (χ3v) is 2.57. The fraction of sp³-hybridized carbons (Fsp3) is 1.00. The van der Waals surface area contributed by atoms with Gasteiger partial charge in [-0.1, -0.05) is 33.1 Å². The van der Waals surface area contributed by atoms with Crippen LogP contribution in [0.3, 0.4) is 0 Å². The average molecular weight is 186 g/mol. The van der Waals surface area contributed by atoms with Gasteiger partial charge in [-0.3, -0.25) is 0 Å². The number of aliphatic hydroxyl groups is 1. The van der Waals surface area contributed by atoms with Gasteiger partial charge in [-0.25, -0.2) is 0 Å². The van der Waals surface area contributed by atoms with Gasteiger partial charge < -0.3 is 9.84 Å². The normalized spacial score (nSPS) is 22.2. The van der Waals surface area contributed by atoms with Gasteiger partial charge in [0, 0.05) is 6.42 Å². The molecule has 0 aromatic rings. The number of rotatable bonds is 4. The second kappa shape index (κ2) is 5.61. The molecule has 13 heavy (non-hydrogen) atoms. The lowest BCUT2D eigenvalue weighted by molar-refractivity contribution is -0.151. The van der Waals surface area contributed by atoms with E-state index in [0.29, 0.717) is 12.0 Å². The maximum atomic E-state index is 9.55. The van der Waals surface area contributed by atoms with Gasteiger partial charge >= 0.3 is 0 Å². The molecule has 0 saturated heterocycles. The van der Waals surface area contributed by atoms with E-state index in [9.17, 15) is 5.11 Å². The van der Waals surface area contributed by atoms with Crippen molar-refractivity contribution in [2.75, 3.05) is 0 Å². The second-order valence-corrected chi connectivity index (χ2v) is 4.48. The molecule has 1 aliphatic carbocycles. The van der Waals surface area contributed by atoms with Gasteiger partial charge in [0.2, 0.25) is 0 Å². The highest BCUT2D eigenvalue weighted by atomic mass is 16.6. The molecule has 0 spiro atoms. The zero-order chi connectivity index (χ0) is 9.68. The Morgan fingerprint density at radius 2 is 1.85 bits per heavy atom. The molecule has 0 aromatic carbocycles. The second-order valence-electron chi connectivity index (χ2n) is 4.48. The predicted molar refractivity (Wildman–Crippen MR) is 53.4 cm³/mol. The first-order valence-corrected chi connectivity index (χ1v) is 5.52. The molecule has 1 fully saturated rings. The van der Waals surface area contributed by atoms with Crippen LogP contribution in [0.1, 0.15) is 52.4 Å². The van der Waals surface area contributed by atoms with Crippen molar-refractivity contribution < 1.29 is 9.84 Å². The zero-order valence-corrected chi connectivity index (χ0v) is 8.83. The summed E-state index contributed by atoms with van der Waals surface area (Å²) in [6.45, 7) is 4.21. The minimum Gasteiger partial charge on any atom is -0.368 e. The summed E-state index contributed by atoms with van der Waals surface area (Å²) in [5, 5.41) is 9.55. The molecule has 1 N–H and O–H groups in total. The Labute approximate surface area is 81.3 Å². The van der Waals surface area contributed by atoms with Crippen molar-refractivity contribution in [1.82, 2.24) is 0 Å². The highest BCUT2D eigenvalue weighted by Gasteiger charge is 2.17. The van der Waals surface area contributed by atoms with Crippen LogP contribution in [-0.2, 0) is 4.74 Å². The quantitative estimate of drug-likeness (QED) is 0.684. The third kappa shape index (κ3) is 4.63. The first kappa shape index (κ1) is 11.0. The summed E-state index contributed by atoms with van der Waals surface area (Å²) >= 11 is 0. The number of hydrogen-bond acceptors (Lipinski definition) is 2. The smallest absolute Gasteiger partial charge is 0.155 e. The van der Waals surface area contributed by atoms with Gasteiger partial charge in [0.05, 0.1) is 6.10 Å². The summed E-state index contributed by atoms with van der Waals surface area (Å²) in [5.41, 5.74) is 0. The number of hydrogen-bond donors (Lipinski definition) is 1. The molecule has 1 aliphatic rings. The maximum Gasteiger partial charge on any atom is 0.155 e. The Morgan fingerprint density at radius 1 is 1.23 bits per heavy atom. The van der Waals surface area contributed by atoms with E-state index in [1.54, 1.807) is 0 Å². The fourth-order valence-electron chi connectivity index (χ4n) is 1.88. The van der Waals surface area contributed by atoms with Crippen molar-refractivity contribution in [2.24, 2.45) is 5.92 Å². The molecule has 1 rings (SSSR count). The average Bonchev–Trinajstić information content (AvgIpc) is 2.04. The maximum absolute atomic E-state index is 9.55. The Balaban J connectivity index is 2.14. The molecular weight excluding hydrogens is 164 g/mol. The van der Waals surface area contributed by atoms with Crippen molar-refractivity contribution in [3.63, 3.8) is 0 Å². The van der Waals surface area contributed by atoms with E-state index < -0.39 is 6.29 Å². The van der Waals surface area contributed by atoms with E-state index in [1.165, 1.54) is 19.3 Å². The summed E-state index contributed by atoms with van der Waals surface area (Å²) in [6.07, 6.45) is 6.67. The lowest BCUT2D eigenvalue weighted by atomic mass is 9.98. The van der Waals surface area contributed by atoms with Crippen LogP contribution in [0.4, 0.5) is 0 Å². The summed E-state index contributed by atoms with van der Waals surface area (Å²) in [6, 6.07) is 0. The molecule has 1 unspecified atom stereocenters. The van der Waals surface area contributed by atoms with E-state index in [-0.39, 0.29) is 0 Å². The van der Waals surface area contributed by atoms with Crippen LogP contribution in [0.25, 0.3) is 0 Å². The van der Waals surface area contributed by atoms with Crippen molar-refractivity contribution in [3.05, 3.63) is 0 Å². The van der Waals surface area contributed by atoms with Crippen molar-refractivity contribution in [2.45, 2.75) is 64.8 Å². The van der Waals surface area contributed by atoms with Crippen LogP contribution in [0.5, 0.6) is 0 Å². The monoisotopic (exact) mass is 186 g/mol. The van der Waals surface area contributed by atoms with Gasteiger partial charge in [-0.15, -0.1) is 0 Å². The van der Waals surface area contributed by atoms with Crippen molar-refractivity contribution >= 4 is 0 Å². The van der Waals surface area contributed by atoms with E-state index in [2.05, 4.69) is 13.8 Å². The van der Waals surface area contributed by atoms with Crippen LogP contribution in [0, 0.1) is 5.92 Å². The van der Waals surface area contributed by atoms with E-state index in [4.69, 9.17) is 4.74 Å². The molecule has 78 valence electrons. The summed E-state index contributed by atoms with van der Waals surface area (Å²) < 4.78 is 5.56. The van der Waals surface area contributed by atoms with Gasteiger partial charge in [0.15, 0.2) is 6.29 Å². The molecule has 0 aromatic heterocycles. The van der Waals surface area contributed by atoms with E-state index >= 15 is 0 Å². The SMILES string of the molecule is CC(C)CC(O)OC1CCCCC1. The van der Waals surface area contributed by atoms with Crippen LogP contribution < -0.4 is 0 Å². The Kier molecular flexibility index (Phi) is 4.74. The number of ether oxygens (including phenoxy) is 1. The van der Waals surface area contributed by atoms with Crippen LogP contribution in [0.15, 0.2) is 0 Å². The van der Waals surface area contributed by atoms with Crippen molar-refractivity contribution in [1.29, 1.82) is 0 Å². The minimum atomic E-state index is -0.539. The highest BCUT2D eigenvalue weighted by Crippen LogP contribution is 2.22. The summed E-state index contributed by atoms with van der Waals surface area (Å²) in [7, 11) is 0. The van der Waals surface area contributed by atoms with Gasteiger partial charge in [-0.2, -0.15) is 0 Å². The largest absolute Gasteiger partial charge is 0.368 e. The van der Waals surface area contributed by atoms with Crippen LogP contribution in [-0.4, -0.2) is 17.5 Å². The van der Waals surface area contributed by atoms with Crippen LogP contribution in [0.2, 0.25) is 0 Å². The Hall–Kier alpha value is -0.0800. The molecule has 2 heteroatoms. The van der Waals surface area contributed by atoms with Crippen molar-refractivity contribution in [3.8, 4) is 0 Å². The molecule has 0 bridgehead atoms. The van der Waals surface area contributed by atoms with E-state index in [0.717, 1.165) is 19.3 Å². The summed E-state index contributed by atoms with van der Waals surface area (Å²) in [5.74, 6) is 0.513.